The summed E-state index contributed by atoms with van der Waals surface area (Å²) in [6.45, 7) is 1.89. The topological polar surface area (TPSA) is 102 Å². The van der Waals surface area contributed by atoms with Gasteiger partial charge in [0.05, 0.1) is 19.8 Å². The molecule has 3 rings (SSSR count). The van der Waals surface area contributed by atoms with Crippen molar-refractivity contribution in [1.82, 2.24) is 9.78 Å². The van der Waals surface area contributed by atoms with E-state index in [-0.39, 0.29) is 12.4 Å². The summed E-state index contributed by atoms with van der Waals surface area (Å²) in [6, 6.07) is 16.6. The predicted molar refractivity (Wildman–Crippen MR) is 116 cm³/mol. The van der Waals surface area contributed by atoms with Gasteiger partial charge in [-0.2, -0.15) is 5.10 Å². The Morgan fingerprint density at radius 1 is 1.16 bits per heavy atom. The fraction of sp³-hybridized carbons (Fsp3) is 0.208. The number of ketones is 1. The second-order valence-corrected chi connectivity index (χ2v) is 7.06. The van der Waals surface area contributed by atoms with Gasteiger partial charge in [-0.05, 0) is 30.2 Å². The zero-order valence-corrected chi connectivity index (χ0v) is 17.1. The number of nitrogens with zero attached hydrogens (tertiary/aromatic N) is 2. The predicted octanol–water partition coefficient (Wildman–Crippen LogP) is 3.10. The number of ether oxygens (including phenoxy) is 1. The summed E-state index contributed by atoms with van der Waals surface area (Å²) in [6.07, 6.45) is 4.15. The van der Waals surface area contributed by atoms with Crippen LogP contribution in [0.5, 0.6) is 0 Å². The molecule has 31 heavy (non-hydrogen) atoms. The number of carboxylic acid groups (broad SMARTS) is 1. The highest BCUT2D eigenvalue weighted by molar-refractivity contribution is 6.07. The Labute approximate surface area is 180 Å². The fourth-order valence-electron chi connectivity index (χ4n) is 3.00. The lowest BCUT2D eigenvalue weighted by Gasteiger charge is -2.11. The van der Waals surface area contributed by atoms with E-state index in [4.69, 9.17) is 14.9 Å². The molecule has 0 aliphatic carbocycles. The zero-order chi connectivity index (χ0) is 22.2. The van der Waals surface area contributed by atoms with Crippen molar-refractivity contribution in [2.24, 2.45) is 0 Å². The molecular weight excluding hydrogens is 396 g/mol. The fourth-order valence-corrected chi connectivity index (χ4v) is 3.00. The standard InChI is InChI=1S/C24H24N2O5/c1-17-7-9-20(10-8-17)23(28)21-11-12-25-26(21)13-3-6-18-4-2-5-19(14-18)16-31-22(15-27)24(29)30/h2-12,14,22,27H,13,15-16H2,1H3,(H,29,30). The number of benzene rings is 2. The molecule has 1 heterocycles. The molecule has 0 aliphatic heterocycles. The number of hydrogen-bond donors (Lipinski definition) is 2. The van der Waals surface area contributed by atoms with Crippen LogP contribution < -0.4 is 0 Å². The number of aryl methyl sites for hydroxylation is 1. The first kappa shape index (κ1) is 22.1. The van der Waals surface area contributed by atoms with E-state index in [1.54, 1.807) is 16.9 Å². The Morgan fingerprint density at radius 3 is 2.65 bits per heavy atom. The Kier molecular flexibility index (Phi) is 7.48. The monoisotopic (exact) mass is 420 g/mol. The van der Waals surface area contributed by atoms with Crippen molar-refractivity contribution in [2.75, 3.05) is 6.61 Å². The molecule has 1 unspecified atom stereocenters. The maximum absolute atomic E-state index is 12.8. The molecule has 0 radical (unpaired) electrons. The molecule has 7 heteroatoms. The molecule has 0 bridgehead atoms. The molecule has 0 saturated heterocycles. The molecular formula is C24H24N2O5. The largest absolute Gasteiger partial charge is 0.479 e. The minimum atomic E-state index is -1.25. The smallest absolute Gasteiger partial charge is 0.335 e. The van der Waals surface area contributed by atoms with Gasteiger partial charge in [-0.1, -0.05) is 60.2 Å². The van der Waals surface area contributed by atoms with Crippen molar-refractivity contribution in [3.05, 3.63) is 94.8 Å². The van der Waals surface area contributed by atoms with Crippen LogP contribution in [0.3, 0.4) is 0 Å². The maximum Gasteiger partial charge on any atom is 0.335 e. The van der Waals surface area contributed by atoms with Crippen LogP contribution in [0.2, 0.25) is 0 Å². The molecule has 0 aliphatic rings. The number of carboxylic acids is 1. The Morgan fingerprint density at radius 2 is 1.94 bits per heavy atom. The first-order valence-electron chi connectivity index (χ1n) is 9.82. The SMILES string of the molecule is Cc1ccc(C(=O)c2ccnn2CC=Cc2cccc(COC(CO)C(=O)O)c2)cc1. The summed E-state index contributed by atoms with van der Waals surface area (Å²) in [5, 5.41) is 22.2. The van der Waals surface area contributed by atoms with E-state index in [0.717, 1.165) is 16.7 Å². The highest BCUT2D eigenvalue weighted by Crippen LogP contribution is 2.13. The van der Waals surface area contributed by atoms with Gasteiger partial charge in [-0.15, -0.1) is 0 Å². The summed E-state index contributed by atoms with van der Waals surface area (Å²) < 4.78 is 6.87. The summed E-state index contributed by atoms with van der Waals surface area (Å²) in [4.78, 5) is 23.7. The number of hydrogen-bond acceptors (Lipinski definition) is 5. The first-order valence-corrected chi connectivity index (χ1v) is 9.82. The lowest BCUT2D eigenvalue weighted by molar-refractivity contribution is -0.153. The van der Waals surface area contributed by atoms with E-state index in [0.29, 0.717) is 17.8 Å². The van der Waals surface area contributed by atoms with Crippen molar-refractivity contribution in [3.63, 3.8) is 0 Å². The van der Waals surface area contributed by atoms with Gasteiger partial charge in [-0.3, -0.25) is 9.48 Å². The third-order valence-electron chi connectivity index (χ3n) is 4.70. The molecule has 1 atom stereocenters. The van der Waals surface area contributed by atoms with Crippen molar-refractivity contribution in [2.45, 2.75) is 26.2 Å². The van der Waals surface area contributed by atoms with Crippen LogP contribution in [0.1, 0.15) is 32.7 Å². The summed E-state index contributed by atoms with van der Waals surface area (Å²) >= 11 is 0. The third kappa shape index (κ3) is 5.97. The highest BCUT2D eigenvalue weighted by Gasteiger charge is 2.16. The van der Waals surface area contributed by atoms with Gasteiger partial charge >= 0.3 is 5.97 Å². The maximum atomic E-state index is 12.8. The number of aliphatic carboxylic acids is 1. The Bertz CT molecular complexity index is 1070. The summed E-state index contributed by atoms with van der Waals surface area (Å²) in [7, 11) is 0. The molecule has 0 amide bonds. The van der Waals surface area contributed by atoms with Crippen LogP contribution in [0, 0.1) is 6.92 Å². The number of rotatable bonds is 10. The lowest BCUT2D eigenvalue weighted by Crippen LogP contribution is -2.27. The van der Waals surface area contributed by atoms with E-state index in [1.807, 2.05) is 67.6 Å². The number of allylic oxidation sites excluding steroid dienone is 1. The molecule has 1 aromatic heterocycles. The molecule has 7 nitrogen and oxygen atoms in total. The van der Waals surface area contributed by atoms with Crippen LogP contribution in [0.25, 0.3) is 6.08 Å². The number of aliphatic hydroxyl groups excluding tert-OH is 1. The average molecular weight is 420 g/mol. The van der Waals surface area contributed by atoms with Crippen LogP contribution in [0.15, 0.2) is 66.9 Å². The van der Waals surface area contributed by atoms with Crippen molar-refractivity contribution in [3.8, 4) is 0 Å². The van der Waals surface area contributed by atoms with E-state index in [2.05, 4.69) is 5.10 Å². The second-order valence-electron chi connectivity index (χ2n) is 7.06. The van der Waals surface area contributed by atoms with Crippen LogP contribution in [-0.2, 0) is 22.7 Å². The second kappa shape index (κ2) is 10.5. The van der Waals surface area contributed by atoms with E-state index < -0.39 is 18.7 Å². The average Bonchev–Trinajstić information content (AvgIpc) is 3.23. The van der Waals surface area contributed by atoms with E-state index in [1.165, 1.54) is 0 Å². The van der Waals surface area contributed by atoms with Gasteiger partial charge in [0.15, 0.2) is 6.10 Å². The Hall–Kier alpha value is -3.55. The van der Waals surface area contributed by atoms with E-state index >= 15 is 0 Å². The highest BCUT2D eigenvalue weighted by atomic mass is 16.5. The summed E-state index contributed by atoms with van der Waals surface area (Å²) in [5.74, 6) is -1.28. The minimum Gasteiger partial charge on any atom is -0.479 e. The van der Waals surface area contributed by atoms with Crippen LogP contribution in [0.4, 0.5) is 0 Å². The molecule has 0 spiro atoms. The van der Waals surface area contributed by atoms with Gasteiger partial charge in [0.25, 0.3) is 0 Å². The minimum absolute atomic E-state index is 0.0769. The quantitative estimate of drug-likeness (QED) is 0.489. The molecule has 3 aromatic rings. The number of aromatic nitrogens is 2. The van der Waals surface area contributed by atoms with E-state index in [9.17, 15) is 9.59 Å². The number of carbonyl (C=O) groups is 2. The first-order chi connectivity index (χ1) is 15.0. The normalized spacial score (nSPS) is 12.2. The molecule has 0 saturated carbocycles. The van der Waals surface area contributed by atoms with Crippen LogP contribution in [-0.4, -0.2) is 44.5 Å². The van der Waals surface area contributed by atoms with Gasteiger partial charge in [-0.25, -0.2) is 4.79 Å². The number of aliphatic hydroxyl groups is 1. The zero-order valence-electron chi connectivity index (χ0n) is 17.1. The van der Waals surface area contributed by atoms with Gasteiger partial charge in [0, 0.05) is 11.8 Å². The summed E-state index contributed by atoms with van der Waals surface area (Å²) in [5.41, 5.74) is 3.91. The third-order valence-corrected chi connectivity index (χ3v) is 4.70. The van der Waals surface area contributed by atoms with Crippen LogP contribution >= 0.6 is 0 Å². The van der Waals surface area contributed by atoms with Gasteiger partial charge in [0.1, 0.15) is 5.69 Å². The number of carbonyl (C=O) groups excluding carboxylic acids is 1. The van der Waals surface area contributed by atoms with Crippen molar-refractivity contribution in [1.29, 1.82) is 0 Å². The molecule has 160 valence electrons. The molecule has 2 N–H and O–H groups in total. The van der Waals surface area contributed by atoms with Crippen molar-refractivity contribution < 1.29 is 24.5 Å². The molecule has 0 fully saturated rings. The lowest BCUT2D eigenvalue weighted by atomic mass is 10.1. The van der Waals surface area contributed by atoms with Crippen molar-refractivity contribution >= 4 is 17.8 Å². The molecule has 2 aromatic carbocycles. The Balaban J connectivity index is 1.64. The van der Waals surface area contributed by atoms with Gasteiger partial charge in [0.2, 0.25) is 5.78 Å². The van der Waals surface area contributed by atoms with Gasteiger partial charge < -0.3 is 14.9 Å².